The highest BCUT2D eigenvalue weighted by molar-refractivity contribution is 5.89. The van der Waals surface area contributed by atoms with E-state index in [0.29, 0.717) is 24.8 Å². The van der Waals surface area contributed by atoms with Gasteiger partial charge in [-0.15, -0.1) is 0 Å². The number of alkyl halides is 9. The monoisotopic (exact) mass is 604 g/mol. The van der Waals surface area contributed by atoms with Crippen molar-refractivity contribution in [1.82, 2.24) is 0 Å². The van der Waals surface area contributed by atoms with Crippen LogP contribution in [0.3, 0.4) is 0 Å². The number of hydrogen-bond donors (Lipinski definition) is 2. The van der Waals surface area contributed by atoms with Crippen molar-refractivity contribution in [2.45, 2.75) is 102 Å². The van der Waals surface area contributed by atoms with Crippen LogP contribution in [0.5, 0.6) is 0 Å². The molecule has 2 N–H and O–H groups in total. The second-order valence-corrected chi connectivity index (χ2v) is 11.1. The van der Waals surface area contributed by atoms with Crippen LogP contribution in [0.15, 0.2) is 36.9 Å². The fourth-order valence-electron chi connectivity index (χ4n) is 4.62. The first-order chi connectivity index (χ1) is 18.1. The summed E-state index contributed by atoms with van der Waals surface area (Å²) in [6.07, 6.45) is -20.4. The molecule has 0 spiro atoms. The van der Waals surface area contributed by atoms with Gasteiger partial charge in [0.1, 0.15) is 6.10 Å². The average Bonchev–Trinajstić information content (AvgIpc) is 2.79. The lowest BCUT2D eigenvalue weighted by molar-refractivity contribution is -0.398. The van der Waals surface area contributed by atoms with Crippen LogP contribution in [0.1, 0.15) is 65.2 Å². The van der Waals surface area contributed by atoms with Gasteiger partial charge in [0.2, 0.25) is 0 Å². The molecule has 3 atom stereocenters. The molecule has 2 rings (SSSR count). The fourth-order valence-corrected chi connectivity index (χ4v) is 4.62. The van der Waals surface area contributed by atoms with Gasteiger partial charge in [0.05, 0.1) is 17.3 Å². The number of fused-ring (bicyclic) bond motifs is 1. The van der Waals surface area contributed by atoms with Crippen molar-refractivity contribution in [3.63, 3.8) is 0 Å². The molecule has 0 saturated heterocycles. The van der Waals surface area contributed by atoms with Gasteiger partial charge in [-0.1, -0.05) is 30.9 Å². The van der Waals surface area contributed by atoms with E-state index in [9.17, 15) is 49.7 Å². The molecule has 2 aromatic rings. The van der Waals surface area contributed by atoms with E-state index in [2.05, 4.69) is 6.58 Å². The number of hydrogen-bond acceptors (Lipinski definition) is 4. The second-order valence-electron chi connectivity index (χ2n) is 11.1. The second kappa shape index (κ2) is 10.7. The normalized spacial score (nSPS) is 17.3. The molecule has 232 valence electrons. The Bertz CT molecular complexity index is 1240. The smallest absolute Gasteiger partial charge is 0.379 e. The first-order valence-electron chi connectivity index (χ1n) is 12.4. The maximum absolute atomic E-state index is 13.4. The Balaban J connectivity index is 2.68. The molecule has 13 heteroatoms. The van der Waals surface area contributed by atoms with Gasteiger partial charge in [-0.25, -0.2) is 0 Å². The lowest BCUT2D eigenvalue weighted by atomic mass is 9.85. The molecule has 3 unspecified atom stereocenters. The first-order valence-corrected chi connectivity index (χ1v) is 12.4. The van der Waals surface area contributed by atoms with Crippen LogP contribution < -0.4 is 0 Å². The molecular formula is C28H33F9O4. The maximum Gasteiger partial charge on any atom is 0.428 e. The number of halogens is 9. The van der Waals surface area contributed by atoms with Gasteiger partial charge >= 0.3 is 18.5 Å². The zero-order chi connectivity index (χ0) is 32.2. The highest BCUT2D eigenvalue weighted by atomic mass is 19.4. The topological polar surface area (TPSA) is 58.9 Å². The van der Waals surface area contributed by atoms with Crippen LogP contribution in [-0.2, 0) is 20.7 Å². The number of aliphatic hydroxyl groups is 2. The van der Waals surface area contributed by atoms with Gasteiger partial charge < -0.3 is 19.7 Å². The number of benzene rings is 2. The summed E-state index contributed by atoms with van der Waals surface area (Å²) in [5.41, 5.74) is -11.0. The third-order valence-corrected chi connectivity index (χ3v) is 7.33. The molecule has 2 aromatic carbocycles. The van der Waals surface area contributed by atoms with E-state index in [1.807, 2.05) is 0 Å². The Labute approximate surface area is 231 Å². The van der Waals surface area contributed by atoms with Crippen LogP contribution in [0.4, 0.5) is 39.5 Å². The fraction of sp³-hybridized carbons (Fsp3) is 0.571. The molecule has 0 bridgehead atoms. The van der Waals surface area contributed by atoms with E-state index in [1.54, 1.807) is 12.1 Å². The highest BCUT2D eigenvalue weighted by Crippen LogP contribution is 2.48. The minimum absolute atomic E-state index is 0.122. The molecule has 0 aliphatic heterocycles. The molecule has 4 nitrogen and oxygen atoms in total. The summed E-state index contributed by atoms with van der Waals surface area (Å²) < 4.78 is 132. The predicted octanol–water partition coefficient (Wildman–Crippen LogP) is 7.93. The molecule has 0 radical (unpaired) electrons. The van der Waals surface area contributed by atoms with E-state index in [0.717, 1.165) is 6.92 Å². The van der Waals surface area contributed by atoms with Crippen LogP contribution in [0.25, 0.3) is 16.8 Å². The van der Waals surface area contributed by atoms with Crippen molar-refractivity contribution < 1.29 is 59.2 Å². The van der Waals surface area contributed by atoms with E-state index in [-0.39, 0.29) is 16.5 Å². The molecule has 0 saturated carbocycles. The summed E-state index contributed by atoms with van der Waals surface area (Å²) in [5, 5.41) is 20.6. The third kappa shape index (κ3) is 6.37. The van der Waals surface area contributed by atoms with Gasteiger partial charge in [-0.2, -0.15) is 39.5 Å². The molecule has 0 amide bonds. The highest BCUT2D eigenvalue weighted by Gasteiger charge is 2.74. The minimum Gasteiger partial charge on any atom is -0.379 e. The molecule has 41 heavy (non-hydrogen) atoms. The Morgan fingerprint density at radius 3 is 1.61 bits per heavy atom. The molecule has 0 heterocycles. The largest absolute Gasteiger partial charge is 0.428 e. The Hall–Kier alpha value is -2.35. The lowest BCUT2D eigenvalue weighted by Gasteiger charge is -2.41. The Morgan fingerprint density at radius 2 is 1.17 bits per heavy atom. The molecule has 0 fully saturated rings. The number of rotatable bonds is 9. The quantitative estimate of drug-likeness (QED) is 0.286. The standard InChI is InChI=1S/C28H33F9O4/c1-9-17-13-18-11-10-12-20(22(4,5)41-16(3)25(39,27(32,33)34)28(35,36)37)19(18)14-21(17)23(6,7)40-15(2)24(8,38)26(29,30)31/h9-16,38-39H,1H2,2-8H3. The summed E-state index contributed by atoms with van der Waals surface area (Å²) >= 11 is 0. The van der Waals surface area contributed by atoms with Crippen molar-refractivity contribution in [2.24, 2.45) is 0 Å². The summed E-state index contributed by atoms with van der Waals surface area (Å²) in [4.78, 5) is 0. The van der Waals surface area contributed by atoms with Crippen molar-refractivity contribution in [3.05, 3.63) is 53.6 Å². The first kappa shape index (κ1) is 34.8. The Kier molecular flexibility index (Phi) is 9.12. The van der Waals surface area contributed by atoms with E-state index >= 15 is 0 Å². The average molecular weight is 605 g/mol. The summed E-state index contributed by atoms with van der Waals surface area (Å²) in [6, 6.07) is 7.52. The van der Waals surface area contributed by atoms with Gasteiger partial charge in [0, 0.05) is 0 Å². The van der Waals surface area contributed by atoms with Crippen molar-refractivity contribution in [2.75, 3.05) is 0 Å². The van der Waals surface area contributed by atoms with Crippen LogP contribution in [0, 0.1) is 0 Å². The van der Waals surface area contributed by atoms with E-state index < -0.39 is 53.1 Å². The summed E-state index contributed by atoms with van der Waals surface area (Å²) in [7, 11) is 0. The van der Waals surface area contributed by atoms with Crippen molar-refractivity contribution in [3.8, 4) is 0 Å². The minimum atomic E-state index is -6.11. The predicted molar refractivity (Wildman–Crippen MR) is 135 cm³/mol. The lowest BCUT2D eigenvalue weighted by Crippen LogP contribution is -2.64. The van der Waals surface area contributed by atoms with E-state index in [4.69, 9.17) is 9.47 Å². The van der Waals surface area contributed by atoms with Gasteiger partial charge in [0.15, 0.2) is 5.60 Å². The summed E-state index contributed by atoms with van der Waals surface area (Å²) in [6.45, 7) is 11.1. The van der Waals surface area contributed by atoms with Crippen LogP contribution in [-0.4, -0.2) is 52.2 Å². The van der Waals surface area contributed by atoms with Crippen LogP contribution in [0.2, 0.25) is 0 Å². The Morgan fingerprint density at radius 1 is 0.707 bits per heavy atom. The molecule has 0 aliphatic carbocycles. The maximum atomic E-state index is 13.4. The molecule has 0 aliphatic rings. The third-order valence-electron chi connectivity index (χ3n) is 7.33. The summed E-state index contributed by atoms with van der Waals surface area (Å²) in [5.74, 6) is 0. The van der Waals surface area contributed by atoms with Crippen molar-refractivity contribution in [1.29, 1.82) is 0 Å². The molecular weight excluding hydrogens is 571 g/mol. The van der Waals surface area contributed by atoms with Gasteiger partial charge in [-0.3, -0.25) is 0 Å². The van der Waals surface area contributed by atoms with Gasteiger partial charge in [0.25, 0.3) is 5.60 Å². The van der Waals surface area contributed by atoms with E-state index in [1.165, 1.54) is 52.0 Å². The zero-order valence-corrected chi connectivity index (χ0v) is 23.4. The number of ether oxygens (including phenoxy) is 2. The zero-order valence-electron chi connectivity index (χ0n) is 23.4. The van der Waals surface area contributed by atoms with Crippen molar-refractivity contribution >= 4 is 16.8 Å². The SMILES string of the molecule is C=Cc1cc2cccc(C(C)(C)OC(C)C(O)(C(F)(F)F)C(F)(F)F)c2cc1C(C)(C)OC(C)C(C)(O)C(F)(F)F. The van der Waals surface area contributed by atoms with Crippen LogP contribution >= 0.6 is 0 Å². The van der Waals surface area contributed by atoms with Gasteiger partial charge in [-0.05, 0) is 88.1 Å². The molecule has 0 aromatic heterocycles.